The molecule has 4 aromatic carbocycles. The molecule has 0 spiro atoms. The first-order chi connectivity index (χ1) is 41.3. The molecule has 1 amide bonds. The highest BCUT2D eigenvalue weighted by atomic mass is 35.5. The van der Waals surface area contributed by atoms with Crippen molar-refractivity contribution in [1.82, 2.24) is 34.6 Å². The van der Waals surface area contributed by atoms with Gasteiger partial charge in [-0.05, 0) is 105 Å². The minimum atomic E-state index is -0.857. The van der Waals surface area contributed by atoms with Crippen LogP contribution in [0.4, 0.5) is 31.8 Å². The lowest BCUT2D eigenvalue weighted by atomic mass is 9.94. The number of likely N-dealkylation sites (N-methyl/N-ethyl adjacent to an activating group) is 2. The van der Waals surface area contributed by atoms with Crippen LogP contribution in [0.3, 0.4) is 0 Å². The standard InChI is InChI=1S/C32H36FN7O2.C30H35FN6O.C3H3ClO/c1-3-30(41)40-16-15-39(19-24(40)11-13-34)31-27-12-14-38(29-10-6-8-22-7-4-5-9-26(22)29)20-28(27)35-32(36-31)42-21-25-17-23(33)18-37(25)2;1-35-18-23(31)16-24(35)20-38-30-33-27-19-36(28-10-4-8-22-7-2-3-9-25(22)28)15-12-26(27)29(34-30)37-14-5-6-21(17-37)11-13-32;1-2-3(4)5/h3-10,23-25H,1,11-12,14-21H2,2H3;2-4,7-10,21,23-24H,5-6,11-12,14-20H2,1H3;2H,1H2/t23-,24?,25+;21?,23-,24+;/m11./s1. The van der Waals surface area contributed by atoms with Crippen LogP contribution in [0.5, 0.6) is 12.0 Å². The van der Waals surface area contributed by atoms with Crippen molar-refractivity contribution in [2.45, 2.75) is 94.9 Å². The molecule has 12 rings (SSSR count). The molecule has 2 aromatic heterocycles. The number of rotatable bonds is 14. The molecule has 6 aliphatic heterocycles. The number of hydrogen-bond acceptors (Lipinski definition) is 16. The van der Waals surface area contributed by atoms with E-state index >= 15 is 0 Å². The summed E-state index contributed by atoms with van der Waals surface area (Å²) >= 11 is 4.71. The van der Waals surface area contributed by atoms with Gasteiger partial charge in [0.25, 0.3) is 0 Å². The average molecular weight is 1170 g/mol. The number of nitrogens with zero attached hydrogens (tertiary/aromatic N) is 13. The molecule has 85 heavy (non-hydrogen) atoms. The molecule has 6 aliphatic rings. The van der Waals surface area contributed by atoms with E-state index in [4.69, 9.17) is 41.0 Å². The summed E-state index contributed by atoms with van der Waals surface area (Å²) in [7, 11) is 3.85. The molecule has 0 N–H and O–H groups in total. The Balaban J connectivity index is 0.000000176. The van der Waals surface area contributed by atoms with Crippen LogP contribution in [0.25, 0.3) is 21.5 Å². The fourth-order valence-electron chi connectivity index (χ4n) is 12.9. The minimum absolute atomic E-state index is 0.0234. The van der Waals surface area contributed by atoms with Gasteiger partial charge in [0.05, 0.1) is 49.1 Å². The largest absolute Gasteiger partial charge is 0.462 e. The number of fused-ring (bicyclic) bond motifs is 4. The van der Waals surface area contributed by atoms with Crippen LogP contribution in [0, 0.1) is 28.6 Å². The summed E-state index contributed by atoms with van der Waals surface area (Å²) in [6.45, 7) is 14.5. The van der Waals surface area contributed by atoms with Crippen molar-refractivity contribution in [3.05, 3.63) is 133 Å². The van der Waals surface area contributed by atoms with E-state index in [1.54, 1.807) is 4.90 Å². The maximum Gasteiger partial charge on any atom is 0.318 e. The van der Waals surface area contributed by atoms with Crippen LogP contribution in [0.2, 0.25) is 0 Å². The van der Waals surface area contributed by atoms with Crippen LogP contribution < -0.4 is 29.1 Å². The Morgan fingerprint density at radius 3 is 1.59 bits per heavy atom. The maximum absolute atomic E-state index is 14.0. The molecule has 8 heterocycles. The number of halogens is 3. The Hall–Kier alpha value is -7.97. The third kappa shape index (κ3) is 14.2. The fraction of sp³-hybridized carbons (Fsp3) is 0.446. The van der Waals surface area contributed by atoms with Gasteiger partial charge >= 0.3 is 12.0 Å². The predicted octanol–water partition coefficient (Wildman–Crippen LogP) is 9.41. The third-order valence-corrected chi connectivity index (χ3v) is 17.4. The van der Waals surface area contributed by atoms with E-state index in [-0.39, 0.29) is 36.5 Å². The zero-order valence-corrected chi connectivity index (χ0v) is 49.3. The zero-order valence-electron chi connectivity index (χ0n) is 48.5. The molecule has 6 atom stereocenters. The lowest BCUT2D eigenvalue weighted by Gasteiger charge is -2.42. The van der Waals surface area contributed by atoms with Gasteiger partial charge in [-0.25, -0.2) is 8.78 Å². The molecule has 4 saturated heterocycles. The molecular weight excluding hydrogens is 1100 g/mol. The summed E-state index contributed by atoms with van der Waals surface area (Å²) in [5, 5.41) is 23.1. The number of nitriles is 2. The van der Waals surface area contributed by atoms with Gasteiger partial charge in [0, 0.05) is 111 Å². The normalized spacial score (nSPS) is 22.2. The molecule has 4 fully saturated rings. The first-order valence-corrected chi connectivity index (χ1v) is 29.9. The fourth-order valence-corrected chi connectivity index (χ4v) is 12.9. The first kappa shape index (κ1) is 60.2. The maximum atomic E-state index is 14.0. The van der Waals surface area contributed by atoms with E-state index in [1.165, 1.54) is 38.9 Å². The number of benzene rings is 4. The highest BCUT2D eigenvalue weighted by Crippen LogP contribution is 2.38. The van der Waals surface area contributed by atoms with Gasteiger partial charge in [0.1, 0.15) is 37.2 Å². The molecule has 0 bridgehead atoms. The molecule has 444 valence electrons. The summed E-state index contributed by atoms with van der Waals surface area (Å²) in [5.74, 6) is 1.94. The van der Waals surface area contributed by atoms with Crippen LogP contribution in [-0.4, -0.2) is 162 Å². The van der Waals surface area contributed by atoms with E-state index in [0.717, 1.165) is 92.2 Å². The lowest BCUT2D eigenvalue weighted by molar-refractivity contribution is -0.128. The summed E-state index contributed by atoms with van der Waals surface area (Å²) in [4.78, 5) is 56.6. The lowest BCUT2D eigenvalue weighted by Crippen LogP contribution is -2.55. The van der Waals surface area contributed by atoms with Crippen molar-refractivity contribution in [1.29, 1.82) is 10.5 Å². The minimum Gasteiger partial charge on any atom is -0.462 e. The van der Waals surface area contributed by atoms with Crippen molar-refractivity contribution >= 4 is 67.3 Å². The van der Waals surface area contributed by atoms with E-state index < -0.39 is 17.6 Å². The molecule has 6 aromatic rings. The predicted molar refractivity (Wildman–Crippen MR) is 329 cm³/mol. The van der Waals surface area contributed by atoms with Gasteiger partial charge in [-0.15, -0.1) is 0 Å². The number of carbonyl (C=O) groups excluding carboxylic acids is 2. The number of amides is 1. The Labute approximate surface area is 501 Å². The quantitative estimate of drug-likeness (QED) is 0.0744. The number of alkyl halides is 2. The van der Waals surface area contributed by atoms with Gasteiger partial charge < -0.3 is 34.0 Å². The Bertz CT molecular complexity index is 3460. The molecular formula is C65H74ClF2N13O4. The zero-order chi connectivity index (χ0) is 59.6. The van der Waals surface area contributed by atoms with Crippen LogP contribution >= 0.6 is 11.6 Å². The van der Waals surface area contributed by atoms with Gasteiger partial charge in [0.2, 0.25) is 11.1 Å². The third-order valence-electron chi connectivity index (χ3n) is 17.3. The van der Waals surface area contributed by atoms with Crippen molar-refractivity contribution < 1.29 is 27.8 Å². The smallest absolute Gasteiger partial charge is 0.318 e. The Morgan fingerprint density at radius 2 is 1.12 bits per heavy atom. The van der Waals surface area contributed by atoms with E-state index in [1.807, 2.05) is 23.9 Å². The van der Waals surface area contributed by atoms with Gasteiger partial charge in [-0.1, -0.05) is 86.0 Å². The van der Waals surface area contributed by atoms with E-state index in [0.29, 0.717) is 90.2 Å². The number of anilines is 4. The van der Waals surface area contributed by atoms with E-state index in [9.17, 15) is 28.9 Å². The highest BCUT2D eigenvalue weighted by Gasteiger charge is 2.36. The average Bonchev–Trinajstić information content (AvgIpc) is 2.33. The molecule has 0 saturated carbocycles. The van der Waals surface area contributed by atoms with Gasteiger partial charge in [-0.2, -0.15) is 30.5 Å². The number of carbonyl (C=O) groups is 2. The number of piperidine rings is 1. The molecule has 2 unspecified atom stereocenters. The second-order valence-electron chi connectivity index (χ2n) is 22.8. The van der Waals surface area contributed by atoms with Gasteiger partial charge in [0.15, 0.2) is 0 Å². The Morgan fingerprint density at radius 1 is 0.624 bits per heavy atom. The highest BCUT2D eigenvalue weighted by molar-refractivity contribution is 6.66. The van der Waals surface area contributed by atoms with Crippen molar-refractivity contribution in [3.8, 4) is 24.2 Å². The van der Waals surface area contributed by atoms with E-state index in [2.05, 4.69) is 130 Å². The second kappa shape index (κ2) is 27.8. The number of hydrogen-bond donors (Lipinski definition) is 0. The number of aromatic nitrogens is 4. The second-order valence-corrected chi connectivity index (χ2v) is 23.2. The van der Waals surface area contributed by atoms with Crippen LogP contribution in [-0.2, 0) is 35.5 Å². The molecule has 0 radical (unpaired) electrons. The number of likely N-dealkylation sites (tertiary alicyclic amines) is 2. The summed E-state index contributed by atoms with van der Waals surface area (Å²) in [6, 6.07) is 34.7. The molecule has 17 nitrogen and oxygen atoms in total. The molecule has 20 heteroatoms. The van der Waals surface area contributed by atoms with Crippen molar-refractivity contribution in [2.24, 2.45) is 5.92 Å². The van der Waals surface area contributed by atoms with Crippen LogP contribution in [0.15, 0.2) is 110 Å². The summed E-state index contributed by atoms with van der Waals surface area (Å²) in [5.41, 5.74) is 6.53. The van der Waals surface area contributed by atoms with Gasteiger partial charge in [-0.3, -0.25) is 19.4 Å². The summed E-state index contributed by atoms with van der Waals surface area (Å²) < 4.78 is 40.3. The van der Waals surface area contributed by atoms with Crippen molar-refractivity contribution in [2.75, 3.05) is 106 Å². The van der Waals surface area contributed by atoms with Crippen LogP contribution in [0.1, 0.15) is 61.0 Å². The topological polar surface area (TPSA) is 174 Å². The monoisotopic (exact) mass is 1170 g/mol. The molecule has 0 aliphatic carbocycles. The SMILES string of the molecule is C=CC(=O)Cl.C=CC(=O)N1CCN(c2nc(OC[C@@H]3C[C@@H](F)CN3C)nc3c2CCN(c2cccc4ccccc24)C3)CC1CC#N.CN1C[C@H](F)C[C@H]1COc1nc2c(c(N3CCCC(CC#N)C3)n1)CCN(c1cccc3ccccc13)C2. The number of piperazine rings is 1. The first-order valence-electron chi connectivity index (χ1n) is 29.5. The summed E-state index contributed by atoms with van der Waals surface area (Å²) in [6.07, 6.45) is 6.11. The van der Waals surface area contributed by atoms with Crippen molar-refractivity contribution in [3.63, 3.8) is 0 Å². The number of ether oxygens (including phenoxy) is 2. The Kier molecular flexibility index (Phi) is 19.7. The number of allylic oxidation sites excluding steroid dienone is 1.